The van der Waals surface area contributed by atoms with E-state index in [-0.39, 0.29) is 16.1 Å². The number of fused-ring (bicyclic) bond motifs is 1. The molecule has 5 rings (SSSR count). The summed E-state index contributed by atoms with van der Waals surface area (Å²) in [5, 5.41) is 25.1. The number of aromatic nitrogens is 5. The standard InChI is InChI=1S/C28H27ClF4N8O/c1-15-18(5-6-22(30)37-15)25(21-11-41(40-39-21)27(13-42-14-27)28(31,32)33)38-17-7-19-23(36-12-26(2,3)4)16(9-34)10-35-24(19)20(29)8-17/h5-8,10-11,25,38H,12-14H2,1-4H3,(H,35,36)/t25-/m0/s1. The van der Waals surface area contributed by atoms with Crippen LogP contribution in [0.3, 0.4) is 0 Å². The summed E-state index contributed by atoms with van der Waals surface area (Å²) >= 11 is 6.64. The molecule has 0 unspecified atom stereocenters. The summed E-state index contributed by atoms with van der Waals surface area (Å²) in [4.78, 5) is 8.26. The van der Waals surface area contributed by atoms with E-state index in [4.69, 9.17) is 16.3 Å². The fourth-order valence-corrected chi connectivity index (χ4v) is 4.90. The molecule has 1 aliphatic rings. The van der Waals surface area contributed by atoms with Crippen molar-refractivity contribution in [2.24, 2.45) is 5.41 Å². The Morgan fingerprint density at radius 3 is 2.55 bits per heavy atom. The van der Waals surface area contributed by atoms with Crippen LogP contribution in [0.1, 0.15) is 49.3 Å². The molecule has 0 spiro atoms. The van der Waals surface area contributed by atoms with Crippen LogP contribution in [0.2, 0.25) is 5.02 Å². The van der Waals surface area contributed by atoms with Crippen molar-refractivity contribution in [2.45, 2.75) is 45.5 Å². The van der Waals surface area contributed by atoms with E-state index < -0.39 is 36.9 Å². The lowest BCUT2D eigenvalue weighted by Gasteiger charge is -2.41. The number of aryl methyl sites for hydroxylation is 1. The number of rotatable bonds is 7. The predicted octanol–water partition coefficient (Wildman–Crippen LogP) is 6.14. The lowest BCUT2D eigenvalue weighted by atomic mass is 9.96. The van der Waals surface area contributed by atoms with Crippen LogP contribution in [0.5, 0.6) is 0 Å². The zero-order chi connectivity index (χ0) is 30.4. The zero-order valence-electron chi connectivity index (χ0n) is 23.1. The van der Waals surface area contributed by atoms with Crippen molar-refractivity contribution < 1.29 is 22.3 Å². The van der Waals surface area contributed by atoms with Crippen LogP contribution in [-0.2, 0) is 10.3 Å². The number of benzene rings is 1. The predicted molar refractivity (Wildman–Crippen MR) is 149 cm³/mol. The second-order valence-electron chi connectivity index (χ2n) is 11.4. The van der Waals surface area contributed by atoms with E-state index in [1.807, 2.05) is 20.8 Å². The maximum absolute atomic E-state index is 14.0. The van der Waals surface area contributed by atoms with Crippen molar-refractivity contribution in [1.82, 2.24) is 25.0 Å². The highest BCUT2D eigenvalue weighted by Gasteiger charge is 2.62. The van der Waals surface area contributed by atoms with Crippen molar-refractivity contribution in [2.75, 3.05) is 30.4 Å². The largest absolute Gasteiger partial charge is 0.418 e. The zero-order valence-corrected chi connectivity index (χ0v) is 23.9. The van der Waals surface area contributed by atoms with Crippen molar-refractivity contribution in [3.8, 4) is 6.07 Å². The Bertz CT molecular complexity index is 1690. The molecule has 4 aromatic rings. The van der Waals surface area contributed by atoms with Crippen LogP contribution in [0, 0.1) is 29.6 Å². The summed E-state index contributed by atoms with van der Waals surface area (Å²) in [5.41, 5.74) is 0.214. The second kappa shape index (κ2) is 10.7. The summed E-state index contributed by atoms with van der Waals surface area (Å²) in [6.07, 6.45) is -1.98. The Morgan fingerprint density at radius 2 is 1.95 bits per heavy atom. The summed E-state index contributed by atoms with van der Waals surface area (Å²) in [6, 6.07) is 7.24. The number of hydrogen-bond donors (Lipinski definition) is 2. The Balaban J connectivity index is 1.61. The van der Waals surface area contributed by atoms with Gasteiger partial charge < -0.3 is 15.4 Å². The molecule has 0 radical (unpaired) electrons. The summed E-state index contributed by atoms with van der Waals surface area (Å²) < 4.78 is 61.5. The highest BCUT2D eigenvalue weighted by atomic mass is 35.5. The molecule has 1 atom stereocenters. The molecule has 1 aromatic carbocycles. The van der Waals surface area contributed by atoms with Gasteiger partial charge in [0.2, 0.25) is 11.5 Å². The van der Waals surface area contributed by atoms with Crippen LogP contribution in [0.25, 0.3) is 10.9 Å². The van der Waals surface area contributed by atoms with Crippen molar-refractivity contribution in [3.05, 3.63) is 70.1 Å². The average molecular weight is 603 g/mol. The van der Waals surface area contributed by atoms with Gasteiger partial charge in [-0.3, -0.25) is 4.98 Å². The SMILES string of the molecule is Cc1nc(F)ccc1[C@H](Nc1cc(Cl)c2ncc(C#N)c(NCC(C)(C)C)c2c1)c1cn(C2(C(F)(F)F)COC2)nn1. The first-order chi connectivity index (χ1) is 19.7. The minimum absolute atomic E-state index is 0.106. The minimum atomic E-state index is -4.62. The van der Waals surface area contributed by atoms with Crippen molar-refractivity contribution in [3.63, 3.8) is 0 Å². The molecule has 42 heavy (non-hydrogen) atoms. The van der Waals surface area contributed by atoms with E-state index in [1.54, 1.807) is 19.1 Å². The van der Waals surface area contributed by atoms with E-state index >= 15 is 0 Å². The van der Waals surface area contributed by atoms with Crippen LogP contribution in [-0.4, -0.2) is 50.9 Å². The van der Waals surface area contributed by atoms with E-state index in [1.165, 1.54) is 18.5 Å². The monoisotopic (exact) mass is 602 g/mol. The van der Waals surface area contributed by atoms with Gasteiger partial charge in [-0.15, -0.1) is 5.10 Å². The molecule has 9 nitrogen and oxygen atoms in total. The normalized spacial score (nSPS) is 15.6. The number of anilines is 2. The van der Waals surface area contributed by atoms with Gasteiger partial charge in [0.25, 0.3) is 0 Å². The van der Waals surface area contributed by atoms with E-state index in [0.717, 1.165) is 10.7 Å². The first kappa shape index (κ1) is 29.5. The highest BCUT2D eigenvalue weighted by molar-refractivity contribution is 6.35. The minimum Gasteiger partial charge on any atom is -0.383 e. The molecule has 0 saturated carbocycles. The average Bonchev–Trinajstić information content (AvgIpc) is 3.33. The molecule has 0 bridgehead atoms. The first-order valence-electron chi connectivity index (χ1n) is 13.0. The van der Waals surface area contributed by atoms with Gasteiger partial charge in [0, 0.05) is 35.1 Å². The van der Waals surface area contributed by atoms with Gasteiger partial charge in [-0.2, -0.15) is 22.8 Å². The van der Waals surface area contributed by atoms with Crippen LogP contribution in [0.15, 0.2) is 36.7 Å². The number of ether oxygens (including phenoxy) is 1. The molecule has 3 aromatic heterocycles. The third kappa shape index (κ3) is 5.44. The molecule has 220 valence electrons. The molecule has 0 amide bonds. The van der Waals surface area contributed by atoms with Gasteiger partial charge in [-0.05, 0) is 30.5 Å². The maximum Gasteiger partial charge on any atom is 0.418 e. The lowest BCUT2D eigenvalue weighted by molar-refractivity contribution is -0.294. The van der Waals surface area contributed by atoms with Gasteiger partial charge in [0.1, 0.15) is 11.8 Å². The second-order valence-corrected chi connectivity index (χ2v) is 11.8. The number of alkyl halides is 3. The smallest absolute Gasteiger partial charge is 0.383 e. The van der Waals surface area contributed by atoms with Crippen LogP contribution < -0.4 is 10.6 Å². The molecule has 1 saturated heterocycles. The topological polar surface area (TPSA) is 114 Å². The van der Waals surface area contributed by atoms with Gasteiger partial charge >= 0.3 is 6.18 Å². The first-order valence-corrected chi connectivity index (χ1v) is 13.3. The van der Waals surface area contributed by atoms with E-state index in [9.17, 15) is 22.8 Å². The fraction of sp³-hybridized carbons (Fsp3) is 0.393. The molecular weight excluding hydrogens is 576 g/mol. The lowest BCUT2D eigenvalue weighted by Crippen LogP contribution is -2.61. The fourth-order valence-electron chi connectivity index (χ4n) is 4.64. The number of nitrogens with zero attached hydrogens (tertiary/aromatic N) is 6. The summed E-state index contributed by atoms with van der Waals surface area (Å²) in [7, 11) is 0. The quantitative estimate of drug-likeness (QED) is 0.192. The molecule has 14 heteroatoms. The molecule has 1 aliphatic heterocycles. The molecule has 2 N–H and O–H groups in total. The van der Waals surface area contributed by atoms with Crippen molar-refractivity contribution >= 4 is 33.9 Å². The van der Waals surface area contributed by atoms with Gasteiger partial charge in [0.15, 0.2) is 0 Å². The molecule has 0 aliphatic carbocycles. The van der Waals surface area contributed by atoms with E-state index in [0.29, 0.717) is 45.6 Å². The summed E-state index contributed by atoms with van der Waals surface area (Å²) in [5.74, 6) is -0.709. The number of hydrogen-bond acceptors (Lipinski definition) is 8. The number of nitriles is 1. The summed E-state index contributed by atoms with van der Waals surface area (Å²) in [6.45, 7) is 7.09. The Labute approximate surface area is 243 Å². The number of halogens is 5. The van der Waals surface area contributed by atoms with Crippen LogP contribution in [0.4, 0.5) is 28.9 Å². The van der Waals surface area contributed by atoms with E-state index in [2.05, 4.69) is 37.0 Å². The molecular formula is C28H27ClF4N8O. The highest BCUT2D eigenvalue weighted by Crippen LogP contribution is 2.43. The maximum atomic E-state index is 14.0. The number of pyridine rings is 2. The van der Waals surface area contributed by atoms with Gasteiger partial charge in [-0.1, -0.05) is 43.7 Å². The third-order valence-electron chi connectivity index (χ3n) is 7.01. The third-order valence-corrected chi connectivity index (χ3v) is 7.30. The number of nitrogens with one attached hydrogen (secondary N) is 2. The molecule has 1 fully saturated rings. The van der Waals surface area contributed by atoms with Crippen molar-refractivity contribution in [1.29, 1.82) is 5.26 Å². The van der Waals surface area contributed by atoms with Gasteiger partial charge in [0.05, 0.1) is 47.2 Å². The Morgan fingerprint density at radius 1 is 1.21 bits per heavy atom. The Kier molecular flexibility index (Phi) is 7.49. The van der Waals surface area contributed by atoms with Crippen LogP contribution >= 0.6 is 11.6 Å². The molecule has 4 heterocycles. The van der Waals surface area contributed by atoms with Gasteiger partial charge in [-0.25, -0.2) is 9.67 Å². The Hall–Kier alpha value is -4.02.